The fraction of sp³-hybridized carbons (Fsp3) is 0.222. The molecule has 37 heavy (non-hydrogen) atoms. The first-order valence-corrected chi connectivity index (χ1v) is 11.9. The second-order valence-electron chi connectivity index (χ2n) is 7.46. The SMILES string of the molecule is CCOc1ccc(C(=O)N/N=C/c2cc(Cl)c(OCC(=O)Nc3ccccc3)c(OCC)c2)cc1OC. The molecule has 10 heteroatoms. The molecule has 2 N–H and O–H groups in total. The van der Waals surface area contributed by atoms with Crippen molar-refractivity contribution in [3.8, 4) is 23.0 Å². The van der Waals surface area contributed by atoms with Crippen molar-refractivity contribution in [2.75, 3.05) is 32.2 Å². The molecular formula is C27H28ClN3O6. The lowest BCUT2D eigenvalue weighted by Crippen LogP contribution is -2.20. The minimum Gasteiger partial charge on any atom is -0.493 e. The zero-order chi connectivity index (χ0) is 26.6. The third-order valence-electron chi connectivity index (χ3n) is 4.84. The van der Waals surface area contributed by atoms with E-state index in [-0.39, 0.29) is 23.3 Å². The average molecular weight is 526 g/mol. The van der Waals surface area contributed by atoms with Gasteiger partial charge in [0.2, 0.25) is 0 Å². The van der Waals surface area contributed by atoms with E-state index in [0.717, 1.165) is 0 Å². The first-order valence-electron chi connectivity index (χ1n) is 11.5. The Morgan fingerprint density at radius 3 is 2.35 bits per heavy atom. The maximum atomic E-state index is 12.5. The number of benzene rings is 3. The molecule has 0 radical (unpaired) electrons. The van der Waals surface area contributed by atoms with Crippen molar-refractivity contribution in [3.05, 3.63) is 76.8 Å². The van der Waals surface area contributed by atoms with Gasteiger partial charge in [-0.1, -0.05) is 29.8 Å². The summed E-state index contributed by atoms with van der Waals surface area (Å²) >= 11 is 6.41. The van der Waals surface area contributed by atoms with E-state index in [2.05, 4.69) is 15.8 Å². The van der Waals surface area contributed by atoms with E-state index in [1.165, 1.54) is 13.3 Å². The number of para-hydroxylation sites is 1. The number of hydrogen-bond donors (Lipinski definition) is 2. The van der Waals surface area contributed by atoms with Crippen molar-refractivity contribution in [2.24, 2.45) is 5.10 Å². The average Bonchev–Trinajstić information content (AvgIpc) is 2.89. The highest BCUT2D eigenvalue weighted by Gasteiger charge is 2.15. The van der Waals surface area contributed by atoms with E-state index in [4.69, 9.17) is 30.5 Å². The summed E-state index contributed by atoms with van der Waals surface area (Å²) in [5.74, 6) is 0.783. The van der Waals surface area contributed by atoms with Gasteiger partial charge in [0.1, 0.15) is 0 Å². The molecule has 3 rings (SSSR count). The molecule has 0 spiro atoms. The molecule has 3 aromatic rings. The van der Waals surface area contributed by atoms with Crippen LogP contribution < -0.4 is 29.7 Å². The van der Waals surface area contributed by atoms with Crippen LogP contribution in [0.5, 0.6) is 23.0 Å². The van der Waals surface area contributed by atoms with E-state index in [0.29, 0.717) is 47.3 Å². The number of nitrogens with one attached hydrogen (secondary N) is 2. The Kier molecular flexibility index (Phi) is 10.2. The number of hydrogen-bond acceptors (Lipinski definition) is 7. The van der Waals surface area contributed by atoms with Crippen LogP contribution in [0.25, 0.3) is 0 Å². The quantitative estimate of drug-likeness (QED) is 0.256. The van der Waals surface area contributed by atoms with Crippen molar-refractivity contribution in [2.45, 2.75) is 13.8 Å². The van der Waals surface area contributed by atoms with Gasteiger partial charge in [-0.3, -0.25) is 9.59 Å². The summed E-state index contributed by atoms with van der Waals surface area (Å²) in [5.41, 5.74) is 4.03. The molecule has 0 unspecified atom stereocenters. The van der Waals surface area contributed by atoms with E-state index < -0.39 is 5.91 Å². The second kappa shape index (κ2) is 13.7. The highest BCUT2D eigenvalue weighted by molar-refractivity contribution is 6.32. The molecule has 2 amide bonds. The second-order valence-corrected chi connectivity index (χ2v) is 7.87. The highest BCUT2D eigenvalue weighted by Crippen LogP contribution is 2.36. The monoisotopic (exact) mass is 525 g/mol. The molecule has 3 aromatic carbocycles. The Morgan fingerprint density at radius 2 is 1.65 bits per heavy atom. The summed E-state index contributed by atoms with van der Waals surface area (Å²) in [7, 11) is 1.50. The molecule has 0 aliphatic heterocycles. The minimum absolute atomic E-state index is 0.225. The lowest BCUT2D eigenvalue weighted by atomic mass is 10.2. The van der Waals surface area contributed by atoms with E-state index in [1.54, 1.807) is 42.5 Å². The zero-order valence-electron chi connectivity index (χ0n) is 20.7. The minimum atomic E-state index is -0.432. The van der Waals surface area contributed by atoms with E-state index in [1.807, 2.05) is 32.0 Å². The predicted molar refractivity (Wildman–Crippen MR) is 142 cm³/mol. The maximum absolute atomic E-state index is 12.5. The lowest BCUT2D eigenvalue weighted by molar-refractivity contribution is -0.118. The number of amides is 2. The van der Waals surface area contributed by atoms with E-state index >= 15 is 0 Å². The third kappa shape index (κ3) is 7.88. The number of anilines is 1. The molecule has 0 heterocycles. The predicted octanol–water partition coefficient (Wildman–Crippen LogP) is 4.93. The number of halogens is 1. The van der Waals surface area contributed by atoms with Gasteiger partial charge >= 0.3 is 0 Å². The molecule has 194 valence electrons. The highest BCUT2D eigenvalue weighted by atomic mass is 35.5. The van der Waals surface area contributed by atoms with Crippen molar-refractivity contribution in [3.63, 3.8) is 0 Å². The lowest BCUT2D eigenvalue weighted by Gasteiger charge is -2.14. The Labute approximate surface area is 220 Å². The Bertz CT molecular complexity index is 1250. The number of carbonyl (C=O) groups is 2. The number of hydrazone groups is 1. The van der Waals surface area contributed by atoms with Gasteiger partial charge in [-0.25, -0.2) is 5.43 Å². The van der Waals surface area contributed by atoms with Crippen molar-refractivity contribution >= 4 is 35.3 Å². The molecule has 0 saturated heterocycles. The topological polar surface area (TPSA) is 107 Å². The smallest absolute Gasteiger partial charge is 0.271 e. The summed E-state index contributed by atoms with van der Waals surface area (Å²) < 4.78 is 22.0. The fourth-order valence-corrected chi connectivity index (χ4v) is 3.51. The van der Waals surface area contributed by atoms with Crippen molar-refractivity contribution in [1.29, 1.82) is 0 Å². The summed E-state index contributed by atoms with van der Waals surface area (Å²) in [4.78, 5) is 24.8. The van der Waals surface area contributed by atoms with Crippen LogP contribution in [-0.4, -0.2) is 45.0 Å². The molecule has 0 saturated carbocycles. The molecule has 0 fully saturated rings. The van der Waals surface area contributed by atoms with Gasteiger partial charge in [-0.05, 0) is 61.9 Å². The van der Waals surface area contributed by atoms with Crippen LogP contribution >= 0.6 is 11.6 Å². The Morgan fingerprint density at radius 1 is 0.919 bits per heavy atom. The van der Waals surface area contributed by atoms with Crippen molar-refractivity contribution in [1.82, 2.24) is 5.43 Å². The third-order valence-corrected chi connectivity index (χ3v) is 5.12. The summed E-state index contributed by atoms with van der Waals surface area (Å²) in [6, 6.07) is 17.1. The maximum Gasteiger partial charge on any atom is 0.271 e. The molecule has 0 bridgehead atoms. The molecular weight excluding hydrogens is 498 g/mol. The van der Waals surface area contributed by atoms with Crippen LogP contribution in [0.4, 0.5) is 5.69 Å². The first-order chi connectivity index (χ1) is 17.9. The first kappa shape index (κ1) is 27.3. The van der Waals surface area contributed by atoms with Gasteiger partial charge in [0.15, 0.2) is 29.6 Å². The number of rotatable bonds is 12. The summed E-state index contributed by atoms with van der Waals surface area (Å²) in [5, 5.41) is 6.97. The van der Waals surface area contributed by atoms with Gasteiger partial charge in [0, 0.05) is 11.3 Å². The molecule has 0 aromatic heterocycles. The summed E-state index contributed by atoms with van der Waals surface area (Å²) in [6.45, 7) is 4.23. The normalized spacial score (nSPS) is 10.6. The van der Waals surface area contributed by atoms with Gasteiger partial charge < -0.3 is 24.3 Å². The van der Waals surface area contributed by atoms with Crippen LogP contribution in [0.2, 0.25) is 5.02 Å². The number of nitrogens with zero attached hydrogens (tertiary/aromatic N) is 1. The molecule has 9 nitrogen and oxygen atoms in total. The van der Waals surface area contributed by atoms with Gasteiger partial charge in [-0.2, -0.15) is 5.10 Å². The Balaban J connectivity index is 1.66. The number of ether oxygens (including phenoxy) is 4. The fourth-order valence-electron chi connectivity index (χ4n) is 3.24. The van der Waals surface area contributed by atoms with Gasteiger partial charge in [-0.15, -0.1) is 0 Å². The standard InChI is InChI=1S/C27H28ClN3O6/c1-4-35-22-12-11-19(15-23(22)34-3)27(33)31-29-16-18-13-21(28)26(24(14-18)36-5-2)37-17-25(32)30-20-9-7-6-8-10-20/h6-16H,4-5,17H2,1-3H3,(H,30,32)(H,31,33)/b29-16+. The molecule has 0 aliphatic rings. The molecule has 0 aliphatic carbocycles. The largest absolute Gasteiger partial charge is 0.493 e. The van der Waals surface area contributed by atoms with Crippen molar-refractivity contribution < 1.29 is 28.5 Å². The Hall–Kier alpha value is -4.24. The summed E-state index contributed by atoms with van der Waals surface area (Å²) in [6.07, 6.45) is 1.42. The van der Waals surface area contributed by atoms with Gasteiger partial charge in [0.05, 0.1) is 31.6 Å². The van der Waals surface area contributed by atoms with Crippen LogP contribution in [-0.2, 0) is 4.79 Å². The van der Waals surface area contributed by atoms with Crippen LogP contribution in [0, 0.1) is 0 Å². The van der Waals surface area contributed by atoms with Gasteiger partial charge in [0.25, 0.3) is 11.8 Å². The van der Waals surface area contributed by atoms with Crippen LogP contribution in [0.3, 0.4) is 0 Å². The van der Waals surface area contributed by atoms with Crippen LogP contribution in [0.1, 0.15) is 29.8 Å². The van der Waals surface area contributed by atoms with Crippen LogP contribution in [0.15, 0.2) is 65.8 Å². The van der Waals surface area contributed by atoms with E-state index in [9.17, 15) is 9.59 Å². The molecule has 0 atom stereocenters. The number of methoxy groups -OCH3 is 1. The zero-order valence-corrected chi connectivity index (χ0v) is 21.5. The number of carbonyl (C=O) groups excluding carboxylic acids is 2.